The number of fused-ring (bicyclic) bond motifs is 3. The van der Waals surface area contributed by atoms with E-state index in [0.29, 0.717) is 0 Å². The second kappa shape index (κ2) is 13.6. The molecule has 3 aromatic rings. The zero-order chi connectivity index (χ0) is 20.9. The van der Waals surface area contributed by atoms with Gasteiger partial charge in [0.15, 0.2) is 0 Å². The number of benzene rings is 2. The highest BCUT2D eigenvalue weighted by Crippen LogP contribution is 2.31. The third-order valence-corrected chi connectivity index (χ3v) is 6.85. The minimum Gasteiger partial charge on any atom is -0.412 e. The second-order valence-corrected chi connectivity index (χ2v) is 9.03. The zero-order valence-electron chi connectivity index (χ0n) is 19.6. The van der Waals surface area contributed by atoms with Crippen LogP contribution in [0.5, 0.6) is 0 Å². The van der Waals surface area contributed by atoms with Crippen molar-refractivity contribution in [2.75, 3.05) is 25.0 Å². The van der Waals surface area contributed by atoms with Crippen molar-refractivity contribution < 1.29 is 5.48 Å². The molecule has 184 valence electrons. The minimum absolute atomic E-state index is 0. The first-order valence-corrected chi connectivity index (χ1v) is 11.8. The molecule has 3 N–H and O–H groups in total. The molecule has 5 nitrogen and oxygen atoms in total. The average Bonchev–Trinajstić information content (AvgIpc) is 3.00. The van der Waals surface area contributed by atoms with E-state index in [-0.39, 0.29) is 30.3 Å². The molecule has 0 bridgehead atoms. The number of nitrogens with zero attached hydrogens (tertiary/aromatic N) is 3. The summed E-state index contributed by atoms with van der Waals surface area (Å²) in [6.45, 7) is 4.47. The topological polar surface area (TPSA) is 72.6 Å². The van der Waals surface area contributed by atoms with Crippen LogP contribution in [-0.4, -0.2) is 40.2 Å². The lowest BCUT2D eigenvalue weighted by molar-refractivity contribution is 0.174. The molecule has 1 fully saturated rings. The Hall–Kier alpha value is -2.18. The van der Waals surface area contributed by atoms with Gasteiger partial charge in [0.2, 0.25) is 0 Å². The number of aryl methyl sites for hydroxylation is 2. The van der Waals surface area contributed by atoms with E-state index in [0.717, 1.165) is 43.4 Å². The Labute approximate surface area is 215 Å². The van der Waals surface area contributed by atoms with Crippen molar-refractivity contribution in [2.45, 2.75) is 45.1 Å². The molecule has 34 heavy (non-hydrogen) atoms. The summed E-state index contributed by atoms with van der Waals surface area (Å²) in [5, 5.41) is 12.7. The highest BCUT2D eigenvalue weighted by Gasteiger charge is 2.20. The average molecular weight is 504 g/mol. The summed E-state index contributed by atoms with van der Waals surface area (Å²) >= 11 is 0. The van der Waals surface area contributed by atoms with Gasteiger partial charge in [-0.15, -0.1) is 35.0 Å². The third-order valence-electron chi connectivity index (χ3n) is 6.85. The Morgan fingerprint density at radius 3 is 2.35 bits per heavy atom. The predicted molar refractivity (Wildman–Crippen MR) is 145 cm³/mol. The van der Waals surface area contributed by atoms with Crippen LogP contribution in [0, 0.1) is 5.92 Å². The van der Waals surface area contributed by atoms with Crippen LogP contribution in [0.3, 0.4) is 0 Å². The second-order valence-electron chi connectivity index (χ2n) is 9.03. The Morgan fingerprint density at radius 2 is 1.56 bits per heavy atom. The smallest absolute Gasteiger partial charge is 0.148 e. The molecule has 0 unspecified atom stereocenters. The molecule has 2 aromatic carbocycles. The van der Waals surface area contributed by atoms with Gasteiger partial charge in [0.05, 0.1) is 5.69 Å². The molecule has 0 saturated carbocycles. The Kier molecular flexibility index (Phi) is 11.3. The monoisotopic (exact) mass is 502 g/mol. The number of hydrogen-bond donors (Lipinski definition) is 1. The summed E-state index contributed by atoms with van der Waals surface area (Å²) in [7, 11) is 0. The molecule has 0 spiro atoms. The van der Waals surface area contributed by atoms with Crippen molar-refractivity contribution in [3.8, 4) is 11.3 Å². The molecule has 2 aliphatic rings. The van der Waals surface area contributed by atoms with Crippen molar-refractivity contribution in [2.24, 2.45) is 5.92 Å². The first-order chi connectivity index (χ1) is 15.3. The number of aromatic nitrogens is 2. The number of piperidine rings is 1. The van der Waals surface area contributed by atoms with E-state index < -0.39 is 0 Å². The lowest BCUT2D eigenvalue weighted by Crippen LogP contribution is -2.33. The summed E-state index contributed by atoms with van der Waals surface area (Å²) in [6, 6.07) is 21.7. The van der Waals surface area contributed by atoms with Gasteiger partial charge in [-0.25, -0.2) is 0 Å². The van der Waals surface area contributed by atoms with E-state index in [9.17, 15) is 0 Å². The molecule has 0 radical (unpaired) electrons. The van der Waals surface area contributed by atoms with Crippen molar-refractivity contribution >= 4 is 30.6 Å². The molecule has 0 amide bonds. The Bertz CT molecular complexity index is 1010. The van der Waals surface area contributed by atoms with Gasteiger partial charge in [-0.2, -0.15) is 0 Å². The third kappa shape index (κ3) is 6.92. The molecule has 1 aliphatic carbocycles. The summed E-state index contributed by atoms with van der Waals surface area (Å²) in [6.07, 6.45) is 7.17. The maximum Gasteiger partial charge on any atom is 0.148 e. The Morgan fingerprint density at radius 1 is 0.853 bits per heavy atom. The Balaban J connectivity index is 0.00000136. The summed E-state index contributed by atoms with van der Waals surface area (Å²) < 4.78 is 0. The number of anilines is 1. The molecule has 7 heteroatoms. The van der Waals surface area contributed by atoms with Crippen LogP contribution in [0.2, 0.25) is 0 Å². The predicted octanol–water partition coefficient (Wildman–Crippen LogP) is 5.37. The quantitative estimate of drug-likeness (QED) is 0.491. The number of nitrogens with one attached hydrogen (secondary N) is 1. The first-order valence-electron chi connectivity index (χ1n) is 11.8. The van der Waals surface area contributed by atoms with Crippen LogP contribution in [0.25, 0.3) is 11.3 Å². The van der Waals surface area contributed by atoms with Crippen molar-refractivity contribution in [1.82, 2.24) is 15.1 Å². The standard InChI is InChI=1S/C27H32N4.2ClH.H2O/c1-2-7-22(8-3-1)20-31-17-14-21(15-18-31)13-16-28-26-19-24-11-6-10-23-9-4-5-12-25(23)27(24)30-29-26;;;/h1-5,7-9,12,19,21H,6,10-11,13-18,20H2,(H,28,29);2*1H;1H2. The number of halogens is 2. The molecular weight excluding hydrogens is 467 g/mol. The van der Waals surface area contributed by atoms with Gasteiger partial charge in [0.25, 0.3) is 0 Å². The van der Waals surface area contributed by atoms with Gasteiger partial charge in [-0.3, -0.25) is 4.90 Å². The van der Waals surface area contributed by atoms with Crippen molar-refractivity contribution in [3.63, 3.8) is 0 Å². The first kappa shape index (κ1) is 28.1. The maximum absolute atomic E-state index is 4.62. The summed E-state index contributed by atoms with van der Waals surface area (Å²) in [4.78, 5) is 2.59. The van der Waals surface area contributed by atoms with E-state index in [1.165, 1.54) is 61.0 Å². The van der Waals surface area contributed by atoms with E-state index in [1.54, 1.807) is 0 Å². The molecule has 5 rings (SSSR count). The lowest BCUT2D eigenvalue weighted by atomic mass is 9.93. The van der Waals surface area contributed by atoms with Gasteiger partial charge in [-0.05, 0) is 80.3 Å². The molecule has 1 saturated heterocycles. The molecule has 2 heterocycles. The van der Waals surface area contributed by atoms with E-state index in [2.05, 4.69) is 81.1 Å². The van der Waals surface area contributed by atoms with Gasteiger partial charge >= 0.3 is 0 Å². The normalized spacial score (nSPS) is 15.4. The fourth-order valence-corrected chi connectivity index (χ4v) is 5.05. The number of likely N-dealkylation sites (tertiary alicyclic amines) is 1. The van der Waals surface area contributed by atoms with E-state index in [4.69, 9.17) is 0 Å². The molecular formula is C27H36Cl2N4O. The SMILES string of the molecule is Cl.Cl.O.c1ccc(CN2CCC(CCNc3cc4c(nn3)-c3ccccc3CCC4)CC2)cc1. The van der Waals surface area contributed by atoms with Gasteiger partial charge in [-0.1, -0.05) is 54.6 Å². The van der Waals surface area contributed by atoms with Crippen LogP contribution >= 0.6 is 24.8 Å². The molecule has 1 aromatic heterocycles. The van der Waals surface area contributed by atoms with Crippen LogP contribution in [0.1, 0.15) is 42.4 Å². The molecule has 0 atom stereocenters. The van der Waals surface area contributed by atoms with Crippen molar-refractivity contribution in [1.29, 1.82) is 0 Å². The fourth-order valence-electron chi connectivity index (χ4n) is 5.05. The summed E-state index contributed by atoms with van der Waals surface area (Å²) in [5.74, 6) is 1.74. The van der Waals surface area contributed by atoms with E-state index in [1.807, 2.05) is 0 Å². The van der Waals surface area contributed by atoms with Gasteiger partial charge in [0, 0.05) is 18.7 Å². The minimum atomic E-state index is 0. The van der Waals surface area contributed by atoms with Crippen LogP contribution in [0.4, 0.5) is 5.82 Å². The van der Waals surface area contributed by atoms with Gasteiger partial charge < -0.3 is 10.8 Å². The highest BCUT2D eigenvalue weighted by molar-refractivity contribution is 5.85. The summed E-state index contributed by atoms with van der Waals surface area (Å²) in [5.41, 5.74) is 6.49. The van der Waals surface area contributed by atoms with Crippen LogP contribution in [0.15, 0.2) is 60.7 Å². The number of rotatable bonds is 6. The fraction of sp³-hybridized carbons (Fsp3) is 0.407. The van der Waals surface area contributed by atoms with Gasteiger partial charge in [0.1, 0.15) is 5.82 Å². The number of hydrogen-bond acceptors (Lipinski definition) is 4. The van der Waals surface area contributed by atoms with E-state index >= 15 is 0 Å². The van der Waals surface area contributed by atoms with Crippen LogP contribution < -0.4 is 5.32 Å². The highest BCUT2D eigenvalue weighted by atomic mass is 35.5. The lowest BCUT2D eigenvalue weighted by Gasteiger charge is -2.32. The van der Waals surface area contributed by atoms with Crippen molar-refractivity contribution in [3.05, 3.63) is 77.4 Å². The zero-order valence-corrected chi connectivity index (χ0v) is 21.2. The molecule has 1 aliphatic heterocycles. The largest absolute Gasteiger partial charge is 0.412 e. The van der Waals surface area contributed by atoms with Crippen LogP contribution in [-0.2, 0) is 19.4 Å². The maximum atomic E-state index is 4.62.